The molecule has 0 unspecified atom stereocenters. The van der Waals surface area contributed by atoms with Crippen LogP contribution in [0.2, 0.25) is 0 Å². The van der Waals surface area contributed by atoms with Crippen LogP contribution >= 0.6 is 15.9 Å². The lowest BCUT2D eigenvalue weighted by atomic mass is 10.0. The van der Waals surface area contributed by atoms with Crippen molar-refractivity contribution in [3.05, 3.63) is 104 Å². The van der Waals surface area contributed by atoms with Gasteiger partial charge in [0, 0.05) is 22.2 Å². The van der Waals surface area contributed by atoms with Gasteiger partial charge in [-0.1, -0.05) is 40.2 Å². The van der Waals surface area contributed by atoms with Crippen LogP contribution in [0.15, 0.2) is 71.2 Å². The molecule has 0 aromatic heterocycles. The highest BCUT2D eigenvalue weighted by molar-refractivity contribution is 9.10. The summed E-state index contributed by atoms with van der Waals surface area (Å²) in [5.74, 6) is 0.0592. The van der Waals surface area contributed by atoms with Gasteiger partial charge in [-0.25, -0.2) is 4.39 Å². The average molecular weight is 453 g/mol. The number of nitriles is 1. The van der Waals surface area contributed by atoms with E-state index in [-0.39, 0.29) is 17.9 Å². The smallest absolute Gasteiger partial charge is 0.269 e. The van der Waals surface area contributed by atoms with E-state index in [0.29, 0.717) is 22.4 Å². The van der Waals surface area contributed by atoms with E-state index in [4.69, 9.17) is 4.74 Å². The maximum absolute atomic E-state index is 13.5. The van der Waals surface area contributed by atoms with Gasteiger partial charge in [-0.05, 0) is 47.5 Å². The minimum atomic E-state index is -0.463. The van der Waals surface area contributed by atoms with E-state index < -0.39 is 10.7 Å². The van der Waals surface area contributed by atoms with E-state index in [9.17, 15) is 19.8 Å². The van der Waals surface area contributed by atoms with Gasteiger partial charge < -0.3 is 4.74 Å². The second kappa shape index (κ2) is 9.13. The van der Waals surface area contributed by atoms with E-state index in [2.05, 4.69) is 22.0 Å². The van der Waals surface area contributed by atoms with Crippen LogP contribution < -0.4 is 4.74 Å². The minimum absolute atomic E-state index is 0.0140. The molecule has 0 saturated heterocycles. The highest BCUT2D eigenvalue weighted by atomic mass is 79.9. The van der Waals surface area contributed by atoms with E-state index >= 15 is 0 Å². The molecule has 0 aliphatic carbocycles. The van der Waals surface area contributed by atoms with Crippen molar-refractivity contribution in [2.45, 2.75) is 6.61 Å². The fourth-order valence-corrected chi connectivity index (χ4v) is 3.05. The minimum Gasteiger partial charge on any atom is -0.488 e. The van der Waals surface area contributed by atoms with E-state index in [1.54, 1.807) is 42.5 Å². The molecule has 5 nitrogen and oxygen atoms in total. The number of halogens is 2. The third-order valence-electron chi connectivity index (χ3n) is 4.04. The van der Waals surface area contributed by atoms with Gasteiger partial charge in [0.15, 0.2) is 0 Å². The van der Waals surface area contributed by atoms with Gasteiger partial charge in [0.25, 0.3) is 5.69 Å². The largest absolute Gasteiger partial charge is 0.488 e. The van der Waals surface area contributed by atoms with Gasteiger partial charge in [0.1, 0.15) is 18.2 Å². The molecule has 0 fully saturated rings. The van der Waals surface area contributed by atoms with Crippen molar-refractivity contribution in [2.24, 2.45) is 0 Å². The third-order valence-corrected chi connectivity index (χ3v) is 4.54. The zero-order chi connectivity index (χ0) is 20.8. The molecule has 3 aromatic carbocycles. The van der Waals surface area contributed by atoms with Gasteiger partial charge in [0.2, 0.25) is 0 Å². The molecule has 0 heterocycles. The molecule has 0 radical (unpaired) electrons. The quantitative estimate of drug-likeness (QED) is 0.195. The highest BCUT2D eigenvalue weighted by Crippen LogP contribution is 2.29. The first-order valence-electron chi connectivity index (χ1n) is 8.49. The van der Waals surface area contributed by atoms with Gasteiger partial charge in [-0.2, -0.15) is 5.26 Å². The van der Waals surface area contributed by atoms with Gasteiger partial charge in [0.05, 0.1) is 16.6 Å². The molecule has 0 N–H and O–H groups in total. The molecule has 3 rings (SSSR count). The van der Waals surface area contributed by atoms with Crippen LogP contribution in [-0.2, 0) is 6.61 Å². The third kappa shape index (κ3) is 5.27. The number of hydrogen-bond acceptors (Lipinski definition) is 4. The van der Waals surface area contributed by atoms with Crippen LogP contribution in [0.25, 0.3) is 11.6 Å². The zero-order valence-electron chi connectivity index (χ0n) is 15.0. The van der Waals surface area contributed by atoms with Gasteiger partial charge in [-0.15, -0.1) is 0 Å². The number of allylic oxidation sites excluding steroid dienone is 1. The molecule has 0 amide bonds. The fraction of sp³-hybridized carbons (Fsp3) is 0.0455. The first kappa shape index (κ1) is 20.2. The lowest BCUT2D eigenvalue weighted by Gasteiger charge is -2.11. The number of benzene rings is 3. The molecule has 144 valence electrons. The highest BCUT2D eigenvalue weighted by Gasteiger charge is 2.10. The number of rotatable bonds is 6. The lowest BCUT2D eigenvalue weighted by molar-refractivity contribution is -0.384. The maximum Gasteiger partial charge on any atom is 0.269 e. The van der Waals surface area contributed by atoms with Crippen LogP contribution in [-0.4, -0.2) is 4.92 Å². The molecule has 3 aromatic rings. The second-order valence-corrected chi connectivity index (χ2v) is 6.99. The Labute approximate surface area is 175 Å². The van der Waals surface area contributed by atoms with Crippen molar-refractivity contribution >= 4 is 33.3 Å². The van der Waals surface area contributed by atoms with Crippen LogP contribution in [0.4, 0.5) is 10.1 Å². The lowest BCUT2D eigenvalue weighted by Crippen LogP contribution is -1.98. The molecule has 0 spiro atoms. The predicted molar refractivity (Wildman–Crippen MR) is 111 cm³/mol. The number of hydrogen-bond donors (Lipinski definition) is 0. The van der Waals surface area contributed by atoms with E-state index in [1.165, 1.54) is 30.3 Å². The van der Waals surface area contributed by atoms with Crippen molar-refractivity contribution in [2.75, 3.05) is 0 Å². The first-order valence-corrected chi connectivity index (χ1v) is 9.29. The van der Waals surface area contributed by atoms with Gasteiger partial charge >= 0.3 is 0 Å². The van der Waals surface area contributed by atoms with Crippen molar-refractivity contribution in [3.63, 3.8) is 0 Å². The van der Waals surface area contributed by atoms with Crippen LogP contribution in [0, 0.1) is 27.3 Å². The molecule has 0 aliphatic heterocycles. The Balaban J connectivity index is 1.91. The topological polar surface area (TPSA) is 76.2 Å². The molecule has 7 heteroatoms. The Morgan fingerprint density at radius 1 is 1.17 bits per heavy atom. The summed E-state index contributed by atoms with van der Waals surface area (Å²) >= 11 is 3.39. The summed E-state index contributed by atoms with van der Waals surface area (Å²) in [7, 11) is 0. The summed E-state index contributed by atoms with van der Waals surface area (Å²) in [6, 6.07) is 19.3. The Morgan fingerprint density at radius 2 is 1.97 bits per heavy atom. The molecular formula is C22H14BrFN2O3. The standard InChI is InChI=1S/C22H14BrFN2O3/c23-19-7-8-22(29-14-15-3-1-6-21(9-15)26(27)28)17(11-19)10-18(13-25)16-4-2-5-20(24)12-16/h1-12H,14H2/b18-10-. The van der Waals surface area contributed by atoms with E-state index in [1.807, 2.05) is 0 Å². The molecule has 0 atom stereocenters. The zero-order valence-corrected chi connectivity index (χ0v) is 16.6. The summed E-state index contributed by atoms with van der Waals surface area (Å²) in [6.45, 7) is 0.117. The normalized spacial score (nSPS) is 11.0. The summed E-state index contributed by atoms with van der Waals surface area (Å²) in [4.78, 5) is 10.5. The summed E-state index contributed by atoms with van der Waals surface area (Å²) in [5, 5.41) is 20.5. The first-order chi connectivity index (χ1) is 14.0. The second-order valence-electron chi connectivity index (χ2n) is 6.08. The van der Waals surface area contributed by atoms with Crippen molar-refractivity contribution in [3.8, 4) is 11.8 Å². The molecule has 0 aliphatic rings. The van der Waals surface area contributed by atoms with E-state index in [0.717, 1.165) is 4.47 Å². The fourth-order valence-electron chi connectivity index (χ4n) is 2.68. The Morgan fingerprint density at radius 3 is 2.69 bits per heavy atom. The summed E-state index contributed by atoms with van der Waals surface area (Å²) in [5.41, 5.74) is 1.98. The number of non-ortho nitro benzene ring substituents is 1. The number of nitrogens with zero attached hydrogens (tertiary/aromatic N) is 2. The Bertz CT molecular complexity index is 1140. The van der Waals surface area contributed by atoms with Crippen LogP contribution in [0.1, 0.15) is 16.7 Å². The molecular weight excluding hydrogens is 439 g/mol. The van der Waals surface area contributed by atoms with Crippen molar-refractivity contribution in [1.29, 1.82) is 5.26 Å². The molecule has 0 bridgehead atoms. The van der Waals surface area contributed by atoms with Crippen molar-refractivity contribution < 1.29 is 14.1 Å². The average Bonchev–Trinajstić information content (AvgIpc) is 2.71. The van der Waals surface area contributed by atoms with Crippen LogP contribution in [0.3, 0.4) is 0 Å². The SMILES string of the molecule is N#C/C(=C/c1cc(Br)ccc1OCc1cccc([N+](=O)[O-])c1)c1cccc(F)c1. The maximum atomic E-state index is 13.5. The summed E-state index contributed by atoms with van der Waals surface area (Å²) < 4.78 is 20.2. The predicted octanol–water partition coefficient (Wildman–Crippen LogP) is 6.14. The van der Waals surface area contributed by atoms with Gasteiger partial charge in [-0.3, -0.25) is 10.1 Å². The molecule has 29 heavy (non-hydrogen) atoms. The monoisotopic (exact) mass is 452 g/mol. The molecule has 0 saturated carbocycles. The number of nitro benzene ring substituents is 1. The Kier molecular flexibility index (Phi) is 6.37. The summed E-state index contributed by atoms with van der Waals surface area (Å²) in [6.07, 6.45) is 1.61. The van der Waals surface area contributed by atoms with Crippen LogP contribution in [0.5, 0.6) is 5.75 Å². The Hall–Kier alpha value is -3.50. The van der Waals surface area contributed by atoms with Crippen molar-refractivity contribution in [1.82, 2.24) is 0 Å². The number of nitro groups is 1. The number of ether oxygens (including phenoxy) is 1.